The second kappa shape index (κ2) is 12.1. The summed E-state index contributed by atoms with van der Waals surface area (Å²) in [5, 5.41) is 10.7. The first kappa shape index (κ1) is 26.5. The van der Waals surface area contributed by atoms with Crippen LogP contribution in [0.15, 0.2) is 58.5 Å². The number of hydrogen-bond donors (Lipinski definition) is 2. The fraction of sp³-hybridized carbons (Fsp3) is 0.370. The Hall–Kier alpha value is -3.53. The molecule has 1 amide bonds. The van der Waals surface area contributed by atoms with Gasteiger partial charge in [-0.1, -0.05) is 31.9 Å². The van der Waals surface area contributed by atoms with Crippen LogP contribution in [0.3, 0.4) is 0 Å². The maximum Gasteiger partial charge on any atom is 0.255 e. The Morgan fingerprint density at radius 1 is 1.16 bits per heavy atom. The Labute approximate surface area is 225 Å². The molecule has 0 bridgehead atoms. The smallest absolute Gasteiger partial charge is 0.255 e. The molecule has 196 valence electrons. The predicted octanol–water partition coefficient (Wildman–Crippen LogP) is 5.94. The van der Waals surface area contributed by atoms with Crippen LogP contribution in [0.25, 0.3) is 0 Å². The number of carbonyl (C=O) groups is 1. The van der Waals surface area contributed by atoms with Gasteiger partial charge in [-0.3, -0.25) is 4.79 Å². The summed E-state index contributed by atoms with van der Waals surface area (Å²) in [4.78, 5) is 18.1. The van der Waals surface area contributed by atoms with E-state index in [1.807, 2.05) is 50.2 Å². The van der Waals surface area contributed by atoms with Crippen LogP contribution < -0.4 is 24.8 Å². The van der Waals surface area contributed by atoms with E-state index in [9.17, 15) is 4.79 Å². The van der Waals surface area contributed by atoms with E-state index in [0.717, 1.165) is 29.3 Å². The van der Waals surface area contributed by atoms with Gasteiger partial charge in [-0.15, -0.1) is 0 Å². The number of amides is 1. The van der Waals surface area contributed by atoms with Crippen LogP contribution in [0.1, 0.15) is 51.6 Å². The van der Waals surface area contributed by atoms with E-state index in [1.54, 1.807) is 11.8 Å². The number of nitrogens with zero attached hydrogens (tertiary/aromatic N) is 3. The topological polar surface area (TPSA) is 99.5 Å². The molecular formula is C27H32BrN5O4. The van der Waals surface area contributed by atoms with Crippen molar-refractivity contribution < 1.29 is 19.0 Å². The van der Waals surface area contributed by atoms with Crippen molar-refractivity contribution in [3.8, 4) is 17.2 Å². The van der Waals surface area contributed by atoms with Crippen molar-refractivity contribution in [2.45, 2.75) is 46.1 Å². The minimum absolute atomic E-state index is 0.279. The number of hydrogen-bond acceptors (Lipinski definition) is 7. The van der Waals surface area contributed by atoms with Crippen molar-refractivity contribution in [2.75, 3.05) is 31.0 Å². The number of rotatable bonds is 11. The van der Waals surface area contributed by atoms with Crippen molar-refractivity contribution in [3.63, 3.8) is 0 Å². The molecule has 9 nitrogen and oxygen atoms in total. The number of halogens is 1. The molecular weight excluding hydrogens is 538 g/mol. The molecule has 3 aromatic rings. The Morgan fingerprint density at radius 3 is 2.73 bits per heavy atom. The molecule has 1 aliphatic heterocycles. The molecule has 0 fully saturated rings. The van der Waals surface area contributed by atoms with E-state index in [-0.39, 0.29) is 5.91 Å². The van der Waals surface area contributed by atoms with Gasteiger partial charge in [0.05, 0.1) is 36.1 Å². The van der Waals surface area contributed by atoms with E-state index in [0.29, 0.717) is 53.4 Å². The van der Waals surface area contributed by atoms with E-state index in [4.69, 9.17) is 14.2 Å². The molecule has 4 rings (SSSR count). The second-order valence-electron chi connectivity index (χ2n) is 8.57. The molecule has 1 aromatic heterocycles. The summed E-state index contributed by atoms with van der Waals surface area (Å²) < 4.78 is 19.9. The summed E-state index contributed by atoms with van der Waals surface area (Å²) in [5.74, 6) is 2.07. The maximum absolute atomic E-state index is 13.8. The number of fused-ring (bicyclic) bond motifs is 1. The monoisotopic (exact) mass is 569 g/mol. The molecule has 2 heterocycles. The SMILES string of the molecule is CCCCCOc1c(Br)cc(C2C(C(=O)Nc3ccccc3OCC)=C(C)Nc3ncnn32)cc1OC. The van der Waals surface area contributed by atoms with Gasteiger partial charge in [0, 0.05) is 5.70 Å². The van der Waals surface area contributed by atoms with Crippen LogP contribution in [-0.4, -0.2) is 41.0 Å². The van der Waals surface area contributed by atoms with Crippen molar-refractivity contribution in [1.82, 2.24) is 14.8 Å². The molecule has 1 aliphatic rings. The number of carbonyl (C=O) groups excluding carboxylic acids is 1. The van der Waals surface area contributed by atoms with E-state index in [1.165, 1.54) is 6.33 Å². The molecule has 37 heavy (non-hydrogen) atoms. The summed E-state index contributed by atoms with van der Waals surface area (Å²) in [6.45, 7) is 6.99. The number of unbranched alkanes of at least 4 members (excludes halogenated alkanes) is 2. The Kier molecular flexibility index (Phi) is 8.70. The summed E-state index contributed by atoms with van der Waals surface area (Å²) in [7, 11) is 1.60. The molecule has 0 spiro atoms. The molecule has 2 aromatic carbocycles. The number of methoxy groups -OCH3 is 1. The standard InChI is InChI=1S/C27H32BrN5O4/c1-5-7-10-13-37-25-19(28)14-18(15-22(25)35-4)24-23(17(3)31-27-29-16-30-33(24)27)26(34)32-20-11-8-9-12-21(20)36-6-2/h8-9,11-12,14-16,24H,5-7,10,13H2,1-4H3,(H,32,34)(H,29,30,31). The van der Waals surface area contributed by atoms with Crippen LogP contribution in [0.5, 0.6) is 17.2 Å². The molecule has 0 aliphatic carbocycles. The van der Waals surface area contributed by atoms with Gasteiger partial charge in [0.2, 0.25) is 5.95 Å². The molecule has 1 atom stereocenters. The fourth-order valence-electron chi connectivity index (χ4n) is 4.30. The highest BCUT2D eigenvalue weighted by atomic mass is 79.9. The van der Waals surface area contributed by atoms with Gasteiger partial charge >= 0.3 is 0 Å². The van der Waals surface area contributed by atoms with Crippen LogP contribution in [0.4, 0.5) is 11.6 Å². The van der Waals surface area contributed by atoms with Gasteiger partial charge in [-0.2, -0.15) is 10.1 Å². The van der Waals surface area contributed by atoms with Gasteiger partial charge < -0.3 is 24.8 Å². The lowest BCUT2D eigenvalue weighted by Crippen LogP contribution is -2.31. The number of anilines is 2. The van der Waals surface area contributed by atoms with Gasteiger partial charge in [-0.05, 0) is 66.0 Å². The minimum atomic E-state index is -0.558. The number of allylic oxidation sites excluding steroid dienone is 1. The van der Waals surface area contributed by atoms with Gasteiger partial charge in [0.15, 0.2) is 11.5 Å². The first-order valence-electron chi connectivity index (χ1n) is 12.4. The third-order valence-corrected chi connectivity index (χ3v) is 6.62. The predicted molar refractivity (Wildman–Crippen MR) is 146 cm³/mol. The van der Waals surface area contributed by atoms with Crippen molar-refractivity contribution in [1.29, 1.82) is 0 Å². The molecule has 10 heteroatoms. The average Bonchev–Trinajstić information content (AvgIpc) is 3.35. The molecule has 0 radical (unpaired) electrons. The van der Waals surface area contributed by atoms with Gasteiger partial charge in [-0.25, -0.2) is 4.68 Å². The quantitative estimate of drug-likeness (QED) is 0.275. The molecule has 2 N–H and O–H groups in total. The van der Waals surface area contributed by atoms with E-state index in [2.05, 4.69) is 43.6 Å². The summed E-state index contributed by atoms with van der Waals surface area (Å²) in [6, 6.07) is 10.6. The largest absolute Gasteiger partial charge is 0.493 e. The normalized spacial score (nSPS) is 14.6. The van der Waals surface area contributed by atoms with Gasteiger partial charge in [0.25, 0.3) is 5.91 Å². The van der Waals surface area contributed by atoms with E-state index < -0.39 is 6.04 Å². The molecule has 1 unspecified atom stereocenters. The number of aromatic nitrogens is 3. The molecule has 0 saturated heterocycles. The third kappa shape index (κ3) is 5.74. The number of nitrogens with one attached hydrogen (secondary N) is 2. The minimum Gasteiger partial charge on any atom is -0.493 e. The van der Waals surface area contributed by atoms with Gasteiger partial charge in [0.1, 0.15) is 18.1 Å². The third-order valence-electron chi connectivity index (χ3n) is 6.04. The number of benzene rings is 2. The Morgan fingerprint density at radius 2 is 1.97 bits per heavy atom. The van der Waals surface area contributed by atoms with Crippen LogP contribution in [0.2, 0.25) is 0 Å². The van der Waals surface area contributed by atoms with Crippen LogP contribution >= 0.6 is 15.9 Å². The van der Waals surface area contributed by atoms with Crippen LogP contribution in [-0.2, 0) is 4.79 Å². The number of ether oxygens (including phenoxy) is 3. The summed E-state index contributed by atoms with van der Waals surface area (Å²) in [5.41, 5.74) is 2.55. The fourth-order valence-corrected chi connectivity index (χ4v) is 4.87. The Bertz CT molecular complexity index is 1290. The lowest BCUT2D eigenvalue weighted by Gasteiger charge is -2.29. The highest BCUT2D eigenvalue weighted by molar-refractivity contribution is 9.10. The van der Waals surface area contributed by atoms with Crippen LogP contribution in [0, 0.1) is 0 Å². The first-order chi connectivity index (χ1) is 18.0. The lowest BCUT2D eigenvalue weighted by atomic mass is 9.94. The lowest BCUT2D eigenvalue weighted by molar-refractivity contribution is -0.113. The Balaban J connectivity index is 1.72. The van der Waals surface area contributed by atoms with Crippen molar-refractivity contribution in [2.24, 2.45) is 0 Å². The zero-order chi connectivity index (χ0) is 26.4. The second-order valence-corrected chi connectivity index (χ2v) is 9.42. The zero-order valence-corrected chi connectivity index (χ0v) is 23.1. The van der Waals surface area contributed by atoms with Crippen molar-refractivity contribution in [3.05, 3.63) is 64.0 Å². The zero-order valence-electron chi connectivity index (χ0n) is 21.5. The maximum atomic E-state index is 13.8. The highest BCUT2D eigenvalue weighted by Gasteiger charge is 2.34. The first-order valence-corrected chi connectivity index (χ1v) is 13.2. The molecule has 0 saturated carbocycles. The average molecular weight is 570 g/mol. The number of para-hydroxylation sites is 2. The highest BCUT2D eigenvalue weighted by Crippen LogP contribution is 2.43. The van der Waals surface area contributed by atoms with Crippen molar-refractivity contribution >= 4 is 33.5 Å². The summed E-state index contributed by atoms with van der Waals surface area (Å²) >= 11 is 3.66. The van der Waals surface area contributed by atoms with E-state index >= 15 is 0 Å². The summed E-state index contributed by atoms with van der Waals surface area (Å²) in [6.07, 6.45) is 4.63.